The number of benzene rings is 3. The van der Waals surface area contributed by atoms with Crippen molar-refractivity contribution in [1.29, 1.82) is 0 Å². The average molecular weight is 439 g/mol. The number of aromatic hydroxyl groups is 1. The van der Waals surface area contributed by atoms with Crippen LogP contribution in [0.25, 0.3) is 0 Å². The Labute approximate surface area is 180 Å². The van der Waals surface area contributed by atoms with Gasteiger partial charge in [-0.25, -0.2) is 8.42 Å². The van der Waals surface area contributed by atoms with Crippen molar-refractivity contribution in [2.24, 2.45) is 0 Å². The van der Waals surface area contributed by atoms with Gasteiger partial charge >= 0.3 is 0 Å². The molecule has 2 heterocycles. The summed E-state index contributed by atoms with van der Waals surface area (Å²) in [6.07, 6.45) is 0. The van der Waals surface area contributed by atoms with Crippen LogP contribution in [-0.4, -0.2) is 34.4 Å². The molecule has 7 nitrogen and oxygen atoms in total. The molecule has 3 aromatic carbocycles. The molecule has 2 atom stereocenters. The molecule has 0 bridgehead atoms. The van der Waals surface area contributed by atoms with Crippen LogP contribution in [0.1, 0.15) is 23.1 Å². The Bertz CT molecular complexity index is 1260. The van der Waals surface area contributed by atoms with Gasteiger partial charge in [-0.05, 0) is 35.9 Å². The molecule has 0 amide bonds. The van der Waals surface area contributed by atoms with Gasteiger partial charge in [0.25, 0.3) is 10.0 Å². The summed E-state index contributed by atoms with van der Waals surface area (Å²) < 4.78 is 45.6. The van der Waals surface area contributed by atoms with Gasteiger partial charge in [-0.1, -0.05) is 18.2 Å². The van der Waals surface area contributed by atoms with E-state index in [4.69, 9.17) is 14.2 Å². The van der Waals surface area contributed by atoms with Crippen LogP contribution in [0, 0.1) is 0 Å². The molecular formula is C23H21NO6S. The number of sulfonamides is 1. The Morgan fingerprint density at radius 3 is 2.48 bits per heavy atom. The van der Waals surface area contributed by atoms with Gasteiger partial charge in [0, 0.05) is 23.6 Å². The fourth-order valence-corrected chi connectivity index (χ4v) is 6.11. The zero-order valence-corrected chi connectivity index (χ0v) is 17.8. The van der Waals surface area contributed by atoms with E-state index in [2.05, 4.69) is 0 Å². The summed E-state index contributed by atoms with van der Waals surface area (Å²) in [6, 6.07) is 16.3. The molecule has 0 saturated heterocycles. The molecule has 8 heteroatoms. The second-order valence-electron chi connectivity index (χ2n) is 7.46. The summed E-state index contributed by atoms with van der Waals surface area (Å²) >= 11 is 0. The van der Waals surface area contributed by atoms with Crippen LogP contribution in [0.15, 0.2) is 65.6 Å². The first-order chi connectivity index (χ1) is 15.0. The number of phenols is 1. The third-order valence-electron chi connectivity index (χ3n) is 5.86. The van der Waals surface area contributed by atoms with Crippen molar-refractivity contribution in [3.63, 3.8) is 0 Å². The average Bonchev–Trinajstić information content (AvgIpc) is 3.12. The summed E-state index contributed by atoms with van der Waals surface area (Å²) in [4.78, 5) is 0.190. The van der Waals surface area contributed by atoms with Crippen molar-refractivity contribution >= 4 is 15.7 Å². The van der Waals surface area contributed by atoms with Gasteiger partial charge < -0.3 is 19.3 Å². The van der Waals surface area contributed by atoms with Crippen LogP contribution in [-0.2, 0) is 10.0 Å². The molecule has 0 fully saturated rings. The Hall–Kier alpha value is -3.39. The molecule has 0 aromatic heterocycles. The van der Waals surface area contributed by atoms with E-state index in [1.165, 1.54) is 11.4 Å². The number of ether oxygens (including phenoxy) is 3. The van der Waals surface area contributed by atoms with Crippen molar-refractivity contribution in [3.05, 3.63) is 71.8 Å². The molecule has 0 unspecified atom stereocenters. The van der Waals surface area contributed by atoms with Gasteiger partial charge in [0.15, 0.2) is 11.5 Å². The molecule has 5 rings (SSSR count). The lowest BCUT2D eigenvalue weighted by molar-refractivity contribution is 0.246. The minimum atomic E-state index is -3.91. The predicted molar refractivity (Wildman–Crippen MR) is 115 cm³/mol. The number of hydrogen-bond donors (Lipinski definition) is 1. The molecular weight excluding hydrogens is 418 g/mol. The molecule has 0 saturated carbocycles. The van der Waals surface area contributed by atoms with Gasteiger partial charge in [-0.3, -0.25) is 4.31 Å². The Morgan fingerprint density at radius 2 is 1.77 bits per heavy atom. The maximum atomic E-state index is 13.8. The Morgan fingerprint density at radius 1 is 1.00 bits per heavy atom. The van der Waals surface area contributed by atoms with Gasteiger partial charge in [-0.15, -0.1) is 0 Å². The monoisotopic (exact) mass is 439 g/mol. The number of rotatable bonds is 4. The van der Waals surface area contributed by atoms with E-state index >= 15 is 0 Å². The summed E-state index contributed by atoms with van der Waals surface area (Å²) in [7, 11) is -0.905. The zero-order chi connectivity index (χ0) is 21.8. The number of anilines is 1. The van der Waals surface area contributed by atoms with E-state index in [0.717, 1.165) is 5.56 Å². The Balaban J connectivity index is 1.76. The van der Waals surface area contributed by atoms with E-state index < -0.39 is 16.1 Å². The summed E-state index contributed by atoms with van der Waals surface area (Å²) in [5, 5.41) is 10.4. The van der Waals surface area contributed by atoms with Crippen LogP contribution < -0.4 is 18.5 Å². The third kappa shape index (κ3) is 2.90. The second kappa shape index (κ2) is 7.09. The standard InChI is InChI=1S/C23H21NO6S/c1-28-14-8-9-16-21(10-14)30-13-18-17-11-20(25)22(29-2)12-19(17)24(23(16)18)31(26,27)15-6-4-3-5-7-15/h3-12,18,23,25H,13H2,1-2H3/t18-,23-/m1/s1. The highest BCUT2D eigenvalue weighted by Crippen LogP contribution is 2.57. The van der Waals surface area contributed by atoms with Crippen molar-refractivity contribution in [3.8, 4) is 23.0 Å². The van der Waals surface area contributed by atoms with Gasteiger partial charge in [0.1, 0.15) is 11.5 Å². The molecule has 2 aliphatic heterocycles. The van der Waals surface area contributed by atoms with E-state index in [-0.39, 0.29) is 28.9 Å². The van der Waals surface area contributed by atoms with E-state index in [9.17, 15) is 13.5 Å². The molecule has 3 aromatic rings. The van der Waals surface area contributed by atoms with Crippen LogP contribution in [0.4, 0.5) is 5.69 Å². The van der Waals surface area contributed by atoms with E-state index in [0.29, 0.717) is 22.7 Å². The number of methoxy groups -OCH3 is 2. The molecule has 31 heavy (non-hydrogen) atoms. The highest BCUT2D eigenvalue weighted by Gasteiger charge is 2.49. The quantitative estimate of drug-likeness (QED) is 0.665. The summed E-state index contributed by atoms with van der Waals surface area (Å²) in [6.45, 7) is 0.268. The van der Waals surface area contributed by atoms with Crippen LogP contribution in [0.3, 0.4) is 0 Å². The largest absolute Gasteiger partial charge is 0.504 e. The smallest absolute Gasteiger partial charge is 0.264 e. The SMILES string of the molecule is COc1ccc2c(c1)OC[C@@H]1c3cc(O)c(OC)cc3N(S(=O)(=O)c3ccccc3)[C@H]21. The third-order valence-corrected chi connectivity index (χ3v) is 7.67. The molecule has 2 aliphatic rings. The lowest BCUT2D eigenvalue weighted by Crippen LogP contribution is -2.36. The number of hydrogen-bond acceptors (Lipinski definition) is 6. The number of phenolic OH excluding ortho intramolecular Hbond substituents is 1. The van der Waals surface area contributed by atoms with Gasteiger partial charge in [0.05, 0.1) is 37.5 Å². The van der Waals surface area contributed by atoms with Crippen molar-refractivity contribution in [2.75, 3.05) is 25.1 Å². The normalized spacial score (nSPS) is 19.1. The topological polar surface area (TPSA) is 85.3 Å². The van der Waals surface area contributed by atoms with E-state index in [1.54, 1.807) is 61.7 Å². The molecule has 0 radical (unpaired) electrons. The second-order valence-corrected chi connectivity index (χ2v) is 9.28. The molecule has 0 aliphatic carbocycles. The van der Waals surface area contributed by atoms with Crippen molar-refractivity contribution in [1.82, 2.24) is 0 Å². The number of nitrogens with zero attached hydrogens (tertiary/aromatic N) is 1. The van der Waals surface area contributed by atoms with Crippen LogP contribution in [0.5, 0.6) is 23.0 Å². The van der Waals surface area contributed by atoms with E-state index in [1.807, 2.05) is 6.07 Å². The van der Waals surface area contributed by atoms with Crippen LogP contribution >= 0.6 is 0 Å². The molecule has 0 spiro atoms. The fourth-order valence-electron chi connectivity index (χ4n) is 4.41. The lowest BCUT2D eigenvalue weighted by atomic mass is 9.88. The maximum Gasteiger partial charge on any atom is 0.264 e. The minimum absolute atomic E-state index is 0.0421. The maximum absolute atomic E-state index is 13.8. The fraction of sp³-hybridized carbons (Fsp3) is 0.217. The lowest BCUT2D eigenvalue weighted by Gasteiger charge is -2.34. The predicted octanol–water partition coefficient (Wildman–Crippen LogP) is 3.84. The van der Waals surface area contributed by atoms with Crippen molar-refractivity contribution < 1.29 is 27.7 Å². The zero-order valence-electron chi connectivity index (χ0n) is 17.0. The summed E-state index contributed by atoms with van der Waals surface area (Å²) in [5.41, 5.74) is 1.91. The highest BCUT2D eigenvalue weighted by molar-refractivity contribution is 7.92. The first-order valence-electron chi connectivity index (χ1n) is 9.77. The first-order valence-corrected chi connectivity index (χ1v) is 11.2. The van der Waals surface area contributed by atoms with Crippen molar-refractivity contribution in [2.45, 2.75) is 16.9 Å². The highest BCUT2D eigenvalue weighted by atomic mass is 32.2. The van der Waals surface area contributed by atoms with Gasteiger partial charge in [-0.2, -0.15) is 0 Å². The van der Waals surface area contributed by atoms with Gasteiger partial charge in [0.2, 0.25) is 0 Å². The summed E-state index contributed by atoms with van der Waals surface area (Å²) in [5.74, 6) is 1.09. The van der Waals surface area contributed by atoms with Crippen LogP contribution in [0.2, 0.25) is 0 Å². The molecule has 160 valence electrons. The number of fused-ring (bicyclic) bond motifs is 5. The first kappa shape index (κ1) is 19.6. The molecule has 1 N–H and O–H groups in total. The minimum Gasteiger partial charge on any atom is -0.504 e. The Kier molecular flexibility index (Phi) is 4.48.